The van der Waals surface area contributed by atoms with E-state index in [0.717, 1.165) is 15.9 Å². The summed E-state index contributed by atoms with van der Waals surface area (Å²) in [5.74, 6) is 1.73. The van der Waals surface area contributed by atoms with Crippen molar-refractivity contribution < 1.29 is 9.84 Å². The fraction of sp³-hybridized carbons (Fsp3) is 0.0714. The summed E-state index contributed by atoms with van der Waals surface area (Å²) in [7, 11) is 0. The van der Waals surface area contributed by atoms with Crippen LogP contribution in [-0.2, 0) is 6.61 Å². The number of imidazole rings is 1. The highest BCUT2D eigenvalue weighted by atomic mass is 79.9. The number of nitrogens with zero attached hydrogens (tertiary/aromatic N) is 2. The molecule has 5 heteroatoms. The molecule has 3 rings (SSSR count). The number of rotatable bonds is 3. The van der Waals surface area contributed by atoms with Gasteiger partial charge in [0, 0.05) is 6.20 Å². The Labute approximate surface area is 118 Å². The van der Waals surface area contributed by atoms with Crippen LogP contribution in [0.25, 0.3) is 5.52 Å². The number of ether oxygens (including phenoxy) is 1. The van der Waals surface area contributed by atoms with Gasteiger partial charge in [0.1, 0.15) is 22.7 Å². The molecule has 0 amide bonds. The molecule has 1 aromatic carbocycles. The summed E-state index contributed by atoms with van der Waals surface area (Å²) in [6.45, 7) is 0.363. The average molecular weight is 319 g/mol. The Bertz CT molecular complexity index is 707. The minimum absolute atomic E-state index is 0.223. The van der Waals surface area contributed by atoms with Crippen LogP contribution in [0.1, 0.15) is 5.82 Å². The maximum atomic E-state index is 9.21. The Morgan fingerprint density at radius 1 is 1.16 bits per heavy atom. The van der Waals surface area contributed by atoms with Gasteiger partial charge in [0.2, 0.25) is 0 Å². The SMILES string of the molecule is Oc1ccc(OCc2nc(Br)c3ccccn23)cc1. The van der Waals surface area contributed by atoms with Crippen molar-refractivity contribution in [2.24, 2.45) is 0 Å². The molecule has 2 aromatic heterocycles. The van der Waals surface area contributed by atoms with E-state index in [9.17, 15) is 5.11 Å². The molecule has 0 atom stereocenters. The van der Waals surface area contributed by atoms with E-state index in [4.69, 9.17) is 4.74 Å². The van der Waals surface area contributed by atoms with E-state index in [2.05, 4.69) is 20.9 Å². The van der Waals surface area contributed by atoms with Crippen LogP contribution in [0.15, 0.2) is 53.3 Å². The van der Waals surface area contributed by atoms with Crippen LogP contribution in [0.5, 0.6) is 11.5 Å². The molecule has 96 valence electrons. The number of hydrogen-bond acceptors (Lipinski definition) is 3. The van der Waals surface area contributed by atoms with Crippen LogP contribution in [-0.4, -0.2) is 14.5 Å². The quantitative estimate of drug-likeness (QED) is 0.805. The molecule has 0 spiro atoms. The summed E-state index contributed by atoms with van der Waals surface area (Å²) in [4.78, 5) is 4.43. The highest BCUT2D eigenvalue weighted by molar-refractivity contribution is 9.10. The number of aromatic nitrogens is 2. The number of benzene rings is 1. The average Bonchev–Trinajstić information content (AvgIpc) is 2.76. The Balaban J connectivity index is 1.84. The van der Waals surface area contributed by atoms with Crippen molar-refractivity contribution in [2.75, 3.05) is 0 Å². The minimum Gasteiger partial charge on any atom is -0.508 e. The lowest BCUT2D eigenvalue weighted by Gasteiger charge is -2.05. The van der Waals surface area contributed by atoms with Gasteiger partial charge < -0.3 is 9.84 Å². The lowest BCUT2D eigenvalue weighted by atomic mass is 10.3. The number of aromatic hydroxyl groups is 1. The maximum absolute atomic E-state index is 9.21. The molecule has 0 radical (unpaired) electrons. The van der Waals surface area contributed by atoms with Gasteiger partial charge in [-0.15, -0.1) is 0 Å². The van der Waals surface area contributed by atoms with Gasteiger partial charge >= 0.3 is 0 Å². The van der Waals surface area contributed by atoms with Crippen LogP contribution >= 0.6 is 15.9 Å². The number of pyridine rings is 1. The van der Waals surface area contributed by atoms with Crippen LogP contribution in [0.4, 0.5) is 0 Å². The third kappa shape index (κ3) is 2.42. The molecular formula is C14H11BrN2O2. The van der Waals surface area contributed by atoms with Crippen molar-refractivity contribution in [1.29, 1.82) is 0 Å². The van der Waals surface area contributed by atoms with Gasteiger partial charge in [-0.3, -0.25) is 4.40 Å². The van der Waals surface area contributed by atoms with Gasteiger partial charge in [0.05, 0.1) is 5.52 Å². The molecule has 2 heterocycles. The number of fused-ring (bicyclic) bond motifs is 1. The van der Waals surface area contributed by atoms with Crippen LogP contribution in [0.3, 0.4) is 0 Å². The van der Waals surface area contributed by atoms with E-state index in [0.29, 0.717) is 12.4 Å². The molecule has 1 N–H and O–H groups in total. The van der Waals surface area contributed by atoms with Crippen molar-refractivity contribution in [3.63, 3.8) is 0 Å². The van der Waals surface area contributed by atoms with Gasteiger partial charge in [-0.05, 0) is 52.3 Å². The topological polar surface area (TPSA) is 46.8 Å². The number of halogens is 1. The Morgan fingerprint density at radius 2 is 1.95 bits per heavy atom. The molecule has 0 aliphatic rings. The van der Waals surface area contributed by atoms with Crippen LogP contribution < -0.4 is 4.74 Å². The van der Waals surface area contributed by atoms with Crippen LogP contribution in [0, 0.1) is 0 Å². The molecule has 4 nitrogen and oxygen atoms in total. The van der Waals surface area contributed by atoms with Crippen molar-refractivity contribution in [3.05, 3.63) is 59.1 Å². The van der Waals surface area contributed by atoms with Crippen LogP contribution in [0.2, 0.25) is 0 Å². The lowest BCUT2D eigenvalue weighted by molar-refractivity contribution is 0.294. The summed E-state index contributed by atoms with van der Waals surface area (Å²) >= 11 is 3.43. The predicted molar refractivity (Wildman–Crippen MR) is 75.3 cm³/mol. The summed E-state index contributed by atoms with van der Waals surface area (Å²) < 4.78 is 8.43. The monoisotopic (exact) mass is 318 g/mol. The summed E-state index contributed by atoms with van der Waals surface area (Å²) in [5, 5.41) is 9.21. The largest absolute Gasteiger partial charge is 0.508 e. The van der Waals surface area contributed by atoms with E-state index in [1.165, 1.54) is 0 Å². The summed E-state index contributed by atoms with van der Waals surface area (Å²) in [5.41, 5.74) is 1.01. The van der Waals surface area contributed by atoms with Gasteiger partial charge in [-0.1, -0.05) is 6.07 Å². The van der Waals surface area contributed by atoms with Gasteiger partial charge in [0.15, 0.2) is 5.82 Å². The standard InChI is InChI=1S/C14H11BrN2O2/c15-14-12-3-1-2-8-17(12)13(16-14)9-19-11-6-4-10(18)5-7-11/h1-8,18H,9H2. The Morgan fingerprint density at radius 3 is 2.74 bits per heavy atom. The minimum atomic E-state index is 0.223. The molecule has 0 bridgehead atoms. The zero-order valence-electron chi connectivity index (χ0n) is 9.95. The van der Waals surface area contributed by atoms with E-state index in [1.807, 2.05) is 28.8 Å². The normalized spacial score (nSPS) is 10.8. The van der Waals surface area contributed by atoms with Gasteiger partial charge in [-0.25, -0.2) is 4.98 Å². The molecule has 0 saturated heterocycles. The smallest absolute Gasteiger partial charge is 0.152 e. The molecule has 19 heavy (non-hydrogen) atoms. The number of phenols is 1. The maximum Gasteiger partial charge on any atom is 0.152 e. The first kappa shape index (κ1) is 12.0. The van der Waals surface area contributed by atoms with Crippen molar-refractivity contribution >= 4 is 21.4 Å². The van der Waals surface area contributed by atoms with E-state index in [-0.39, 0.29) is 5.75 Å². The van der Waals surface area contributed by atoms with Crippen molar-refractivity contribution in [2.45, 2.75) is 6.61 Å². The molecule has 0 aliphatic heterocycles. The first-order valence-electron chi connectivity index (χ1n) is 5.77. The molecule has 0 aliphatic carbocycles. The van der Waals surface area contributed by atoms with E-state index in [1.54, 1.807) is 24.3 Å². The van der Waals surface area contributed by atoms with Crippen molar-refractivity contribution in [1.82, 2.24) is 9.38 Å². The third-order valence-corrected chi connectivity index (χ3v) is 3.36. The second-order valence-corrected chi connectivity index (χ2v) is 4.81. The first-order valence-corrected chi connectivity index (χ1v) is 6.56. The zero-order valence-corrected chi connectivity index (χ0v) is 11.5. The fourth-order valence-electron chi connectivity index (χ4n) is 1.85. The highest BCUT2D eigenvalue weighted by Crippen LogP contribution is 2.21. The fourth-order valence-corrected chi connectivity index (χ4v) is 2.38. The molecule has 0 unspecified atom stereocenters. The highest BCUT2D eigenvalue weighted by Gasteiger charge is 2.08. The Hall–Kier alpha value is -2.01. The molecule has 3 aromatic rings. The molecule has 0 saturated carbocycles. The number of hydrogen-bond donors (Lipinski definition) is 1. The molecule has 0 fully saturated rings. The second kappa shape index (κ2) is 4.93. The van der Waals surface area contributed by atoms with E-state index >= 15 is 0 Å². The summed E-state index contributed by atoms with van der Waals surface area (Å²) in [6.07, 6.45) is 1.95. The van der Waals surface area contributed by atoms with Gasteiger partial charge in [-0.2, -0.15) is 0 Å². The Kier molecular flexibility index (Phi) is 3.13. The van der Waals surface area contributed by atoms with Crippen molar-refractivity contribution in [3.8, 4) is 11.5 Å². The number of phenolic OH excluding ortho intramolecular Hbond substituents is 1. The van der Waals surface area contributed by atoms with E-state index < -0.39 is 0 Å². The first-order chi connectivity index (χ1) is 9.24. The second-order valence-electron chi connectivity index (χ2n) is 4.06. The van der Waals surface area contributed by atoms with Gasteiger partial charge in [0.25, 0.3) is 0 Å². The molecular weight excluding hydrogens is 308 g/mol. The summed E-state index contributed by atoms with van der Waals surface area (Å²) in [6, 6.07) is 12.5. The zero-order chi connectivity index (χ0) is 13.2. The predicted octanol–water partition coefficient (Wildman–Crippen LogP) is 3.38. The third-order valence-electron chi connectivity index (χ3n) is 2.78. The lowest BCUT2D eigenvalue weighted by Crippen LogP contribution is -2.00.